The molecule has 0 spiro atoms. The number of hydrogen-bond donors (Lipinski definition) is 1. The van der Waals surface area contributed by atoms with Gasteiger partial charge < -0.3 is 10.0 Å². The second-order valence-electron chi connectivity index (χ2n) is 4.38. The molecule has 2 rings (SSSR count). The zero-order valence-electron chi connectivity index (χ0n) is 9.60. The van der Waals surface area contributed by atoms with Gasteiger partial charge in [0.25, 0.3) is 5.91 Å². The van der Waals surface area contributed by atoms with Crippen LogP contribution >= 0.6 is 11.6 Å². The number of hydrogen-bond acceptors (Lipinski definition) is 2. The van der Waals surface area contributed by atoms with Gasteiger partial charge in [-0.25, -0.2) is 0 Å². The predicted octanol–water partition coefficient (Wildman–Crippen LogP) is 2.02. The van der Waals surface area contributed by atoms with E-state index in [1.807, 2.05) is 18.2 Å². The highest BCUT2D eigenvalue weighted by molar-refractivity contribution is 6.17. The van der Waals surface area contributed by atoms with Crippen LogP contribution in [0.5, 0.6) is 0 Å². The number of rotatable bonds is 2. The lowest BCUT2D eigenvalue weighted by atomic mass is 10.1. The number of carbonyl (C=O) groups excluding carboxylic acids is 1. The molecule has 1 aliphatic heterocycles. The fourth-order valence-corrected chi connectivity index (χ4v) is 2.28. The summed E-state index contributed by atoms with van der Waals surface area (Å²) in [5.74, 6) is 0.389. The van der Waals surface area contributed by atoms with Gasteiger partial charge in [-0.15, -0.1) is 11.6 Å². The number of piperidine rings is 1. The summed E-state index contributed by atoms with van der Waals surface area (Å²) in [7, 11) is 0. The first-order valence-electron chi connectivity index (χ1n) is 5.83. The number of aliphatic hydroxyl groups excluding tert-OH is 1. The number of halogens is 1. The highest BCUT2D eigenvalue weighted by Crippen LogP contribution is 2.15. The molecule has 1 fully saturated rings. The Morgan fingerprint density at radius 1 is 1.53 bits per heavy atom. The topological polar surface area (TPSA) is 40.5 Å². The Labute approximate surface area is 106 Å². The smallest absolute Gasteiger partial charge is 0.253 e. The van der Waals surface area contributed by atoms with Gasteiger partial charge in [0.1, 0.15) is 0 Å². The highest BCUT2D eigenvalue weighted by atomic mass is 35.5. The van der Waals surface area contributed by atoms with Gasteiger partial charge in [-0.05, 0) is 30.5 Å². The van der Waals surface area contributed by atoms with Crippen LogP contribution in [0, 0.1) is 0 Å². The van der Waals surface area contributed by atoms with Crippen LogP contribution in [0.1, 0.15) is 28.8 Å². The Morgan fingerprint density at radius 3 is 3.06 bits per heavy atom. The maximum absolute atomic E-state index is 12.2. The number of aliphatic hydroxyl groups is 1. The molecule has 1 aliphatic rings. The number of likely N-dealkylation sites (tertiary alicyclic amines) is 1. The van der Waals surface area contributed by atoms with Crippen molar-refractivity contribution in [2.24, 2.45) is 0 Å². The molecule has 0 radical (unpaired) electrons. The molecule has 0 unspecified atom stereocenters. The quantitative estimate of drug-likeness (QED) is 0.820. The van der Waals surface area contributed by atoms with Crippen molar-refractivity contribution in [1.29, 1.82) is 0 Å². The van der Waals surface area contributed by atoms with Gasteiger partial charge in [-0.1, -0.05) is 12.1 Å². The van der Waals surface area contributed by atoms with E-state index < -0.39 is 0 Å². The second-order valence-corrected chi connectivity index (χ2v) is 4.65. The SMILES string of the molecule is O=C(c1cccc(CCl)c1)N1CCC[C@H](O)C1. The fourth-order valence-electron chi connectivity index (χ4n) is 2.11. The molecule has 3 nitrogen and oxygen atoms in total. The van der Waals surface area contributed by atoms with Crippen molar-refractivity contribution in [3.05, 3.63) is 35.4 Å². The Bertz CT molecular complexity index is 408. The highest BCUT2D eigenvalue weighted by Gasteiger charge is 2.22. The molecule has 1 heterocycles. The number of carbonyl (C=O) groups is 1. The lowest BCUT2D eigenvalue weighted by molar-refractivity contribution is 0.0473. The van der Waals surface area contributed by atoms with Crippen LogP contribution in [-0.4, -0.2) is 35.1 Å². The third kappa shape index (κ3) is 2.99. The summed E-state index contributed by atoms with van der Waals surface area (Å²) in [5.41, 5.74) is 1.59. The molecule has 1 atom stereocenters. The summed E-state index contributed by atoms with van der Waals surface area (Å²) in [6.45, 7) is 1.16. The van der Waals surface area contributed by atoms with Crippen LogP contribution in [0.15, 0.2) is 24.3 Å². The molecule has 0 aliphatic carbocycles. The first-order chi connectivity index (χ1) is 8.20. The Hall–Kier alpha value is -1.06. The monoisotopic (exact) mass is 253 g/mol. The zero-order valence-corrected chi connectivity index (χ0v) is 10.4. The van der Waals surface area contributed by atoms with Crippen molar-refractivity contribution < 1.29 is 9.90 Å². The van der Waals surface area contributed by atoms with Crippen molar-refractivity contribution in [2.45, 2.75) is 24.8 Å². The minimum absolute atomic E-state index is 0.0179. The molecule has 4 heteroatoms. The van der Waals surface area contributed by atoms with Crippen LogP contribution < -0.4 is 0 Å². The van der Waals surface area contributed by atoms with E-state index in [-0.39, 0.29) is 12.0 Å². The third-order valence-corrected chi connectivity index (χ3v) is 3.32. The van der Waals surface area contributed by atoms with E-state index in [0.717, 1.165) is 24.9 Å². The van der Waals surface area contributed by atoms with Gasteiger partial charge in [-0.2, -0.15) is 0 Å². The molecule has 0 bridgehead atoms. The standard InChI is InChI=1S/C13H16ClNO2/c14-8-10-3-1-4-11(7-10)13(17)15-6-2-5-12(16)9-15/h1,3-4,7,12,16H,2,5-6,8-9H2/t12-/m0/s1. The number of nitrogens with zero attached hydrogens (tertiary/aromatic N) is 1. The molecule has 1 aromatic rings. The molecular formula is C13H16ClNO2. The van der Waals surface area contributed by atoms with E-state index in [1.54, 1.807) is 11.0 Å². The molecule has 1 saturated heterocycles. The van der Waals surface area contributed by atoms with Gasteiger partial charge in [0, 0.05) is 24.5 Å². The normalized spacial score (nSPS) is 20.4. The van der Waals surface area contributed by atoms with E-state index in [4.69, 9.17) is 11.6 Å². The van der Waals surface area contributed by atoms with Gasteiger partial charge in [0.15, 0.2) is 0 Å². The Kier molecular flexibility index (Phi) is 4.02. The average molecular weight is 254 g/mol. The van der Waals surface area contributed by atoms with Gasteiger partial charge in [0.05, 0.1) is 6.10 Å². The summed E-state index contributed by atoms with van der Waals surface area (Å²) in [6, 6.07) is 7.34. The van der Waals surface area contributed by atoms with E-state index in [0.29, 0.717) is 18.0 Å². The largest absolute Gasteiger partial charge is 0.391 e. The summed E-state index contributed by atoms with van der Waals surface area (Å²) >= 11 is 5.75. The van der Waals surface area contributed by atoms with Crippen molar-refractivity contribution in [2.75, 3.05) is 13.1 Å². The Balaban J connectivity index is 2.12. The van der Waals surface area contributed by atoms with Gasteiger partial charge in [-0.3, -0.25) is 4.79 Å². The molecule has 0 aromatic heterocycles. The minimum atomic E-state index is -0.385. The maximum Gasteiger partial charge on any atom is 0.253 e. The van der Waals surface area contributed by atoms with Crippen molar-refractivity contribution in [3.8, 4) is 0 Å². The molecule has 0 saturated carbocycles. The molecule has 1 amide bonds. The van der Waals surface area contributed by atoms with Crippen LogP contribution in [0.4, 0.5) is 0 Å². The van der Waals surface area contributed by atoms with Gasteiger partial charge in [0.2, 0.25) is 0 Å². The number of amides is 1. The molecule has 17 heavy (non-hydrogen) atoms. The van der Waals surface area contributed by atoms with E-state index >= 15 is 0 Å². The number of β-amino-alcohol motifs (C(OH)–C–C–N with tert-alkyl or cyclic N) is 1. The molecule has 1 aromatic carbocycles. The van der Waals surface area contributed by atoms with Crippen molar-refractivity contribution in [1.82, 2.24) is 4.90 Å². The molecule has 1 N–H and O–H groups in total. The van der Waals surface area contributed by atoms with Crippen LogP contribution in [0.3, 0.4) is 0 Å². The van der Waals surface area contributed by atoms with E-state index in [9.17, 15) is 9.90 Å². The minimum Gasteiger partial charge on any atom is -0.391 e. The number of alkyl halides is 1. The first kappa shape index (κ1) is 12.4. The van der Waals surface area contributed by atoms with Crippen molar-refractivity contribution >= 4 is 17.5 Å². The summed E-state index contributed by atoms with van der Waals surface area (Å²) in [4.78, 5) is 13.9. The van der Waals surface area contributed by atoms with Crippen LogP contribution in [0.2, 0.25) is 0 Å². The van der Waals surface area contributed by atoms with Crippen LogP contribution in [0.25, 0.3) is 0 Å². The molecular weight excluding hydrogens is 238 g/mol. The van der Waals surface area contributed by atoms with Gasteiger partial charge >= 0.3 is 0 Å². The summed E-state index contributed by atoms with van der Waals surface area (Å²) < 4.78 is 0. The predicted molar refractivity (Wildman–Crippen MR) is 67.1 cm³/mol. The second kappa shape index (κ2) is 5.52. The average Bonchev–Trinajstić information content (AvgIpc) is 2.38. The maximum atomic E-state index is 12.2. The third-order valence-electron chi connectivity index (χ3n) is 3.01. The van der Waals surface area contributed by atoms with Crippen LogP contribution in [-0.2, 0) is 5.88 Å². The Morgan fingerprint density at radius 2 is 2.35 bits per heavy atom. The van der Waals surface area contributed by atoms with E-state index in [2.05, 4.69) is 0 Å². The van der Waals surface area contributed by atoms with Crippen molar-refractivity contribution in [3.63, 3.8) is 0 Å². The zero-order chi connectivity index (χ0) is 12.3. The van der Waals surface area contributed by atoms with E-state index in [1.165, 1.54) is 0 Å². The summed E-state index contributed by atoms with van der Waals surface area (Å²) in [5, 5.41) is 9.56. The lowest BCUT2D eigenvalue weighted by Crippen LogP contribution is -2.42. The summed E-state index contributed by atoms with van der Waals surface area (Å²) in [6.07, 6.45) is 1.26. The lowest BCUT2D eigenvalue weighted by Gasteiger charge is -2.30. The number of benzene rings is 1. The first-order valence-corrected chi connectivity index (χ1v) is 6.36. The molecule has 92 valence electrons. The fraction of sp³-hybridized carbons (Fsp3) is 0.462.